The molecule has 0 aromatic heterocycles. The van der Waals surface area contributed by atoms with E-state index in [-0.39, 0.29) is 0 Å². The van der Waals surface area contributed by atoms with Crippen LogP contribution in [0.15, 0.2) is 6.07 Å². The lowest BCUT2D eigenvalue weighted by Gasteiger charge is -2.32. The first-order chi connectivity index (χ1) is 8.08. The summed E-state index contributed by atoms with van der Waals surface area (Å²) in [6.07, 6.45) is 1.03. The number of nitrogens with one attached hydrogen (secondary N) is 1. The van der Waals surface area contributed by atoms with Crippen molar-refractivity contribution in [3.8, 4) is 11.5 Å². The molecule has 0 spiro atoms. The van der Waals surface area contributed by atoms with Crippen molar-refractivity contribution in [3.05, 3.63) is 22.8 Å². The standard InChI is InChI=1S/C14H21NO2/c1-8-6-11-9(2)12(16-4)7-13(17-5)14(11)10(3)15-8/h7-8,10,15H,6H2,1-5H3/t8-,10-/m1/s1. The van der Waals surface area contributed by atoms with E-state index in [4.69, 9.17) is 9.47 Å². The first kappa shape index (κ1) is 12.2. The van der Waals surface area contributed by atoms with Crippen LogP contribution in [0.2, 0.25) is 0 Å². The first-order valence-corrected chi connectivity index (χ1v) is 6.08. The van der Waals surface area contributed by atoms with Crippen LogP contribution in [0.1, 0.15) is 36.6 Å². The Morgan fingerprint density at radius 2 is 1.82 bits per heavy atom. The van der Waals surface area contributed by atoms with Crippen LogP contribution in [0.3, 0.4) is 0 Å². The average Bonchev–Trinajstić information content (AvgIpc) is 2.30. The monoisotopic (exact) mass is 235 g/mol. The van der Waals surface area contributed by atoms with Crippen LogP contribution in [0.25, 0.3) is 0 Å². The lowest BCUT2D eigenvalue weighted by atomic mass is 9.87. The van der Waals surface area contributed by atoms with Crippen LogP contribution in [0.5, 0.6) is 11.5 Å². The molecule has 2 rings (SSSR count). The molecule has 0 amide bonds. The highest BCUT2D eigenvalue weighted by Crippen LogP contribution is 2.39. The van der Waals surface area contributed by atoms with Crippen molar-refractivity contribution in [2.45, 2.75) is 39.3 Å². The molecular weight excluding hydrogens is 214 g/mol. The molecule has 1 aliphatic rings. The van der Waals surface area contributed by atoms with Crippen molar-refractivity contribution >= 4 is 0 Å². The quantitative estimate of drug-likeness (QED) is 0.854. The molecule has 1 N–H and O–H groups in total. The predicted octanol–water partition coefficient (Wildman–Crippen LogP) is 2.61. The molecule has 17 heavy (non-hydrogen) atoms. The Kier molecular flexibility index (Phi) is 3.29. The molecule has 1 aliphatic heterocycles. The van der Waals surface area contributed by atoms with Crippen LogP contribution in [0, 0.1) is 6.92 Å². The summed E-state index contributed by atoms with van der Waals surface area (Å²) in [4.78, 5) is 0. The lowest BCUT2D eigenvalue weighted by molar-refractivity contribution is 0.368. The molecule has 0 saturated heterocycles. The zero-order valence-corrected chi connectivity index (χ0v) is 11.3. The number of ether oxygens (including phenoxy) is 2. The predicted molar refractivity (Wildman–Crippen MR) is 69.0 cm³/mol. The minimum absolute atomic E-state index is 0.327. The van der Waals surface area contributed by atoms with E-state index in [1.54, 1.807) is 14.2 Å². The van der Waals surface area contributed by atoms with Crippen molar-refractivity contribution in [3.63, 3.8) is 0 Å². The zero-order chi connectivity index (χ0) is 12.6. The Morgan fingerprint density at radius 3 is 2.41 bits per heavy atom. The second kappa shape index (κ2) is 4.57. The summed E-state index contributed by atoms with van der Waals surface area (Å²) < 4.78 is 10.9. The third-order valence-corrected chi connectivity index (χ3v) is 3.59. The molecule has 1 aromatic rings. The Bertz CT molecular complexity index is 429. The normalized spacial score (nSPS) is 23.1. The molecule has 1 aromatic carbocycles. The Hall–Kier alpha value is -1.22. The maximum absolute atomic E-state index is 5.50. The fraction of sp³-hybridized carbons (Fsp3) is 0.571. The summed E-state index contributed by atoms with van der Waals surface area (Å²) in [6.45, 7) is 6.52. The highest BCUT2D eigenvalue weighted by molar-refractivity contribution is 5.55. The summed E-state index contributed by atoms with van der Waals surface area (Å²) >= 11 is 0. The molecular formula is C14H21NO2. The van der Waals surface area contributed by atoms with Gasteiger partial charge < -0.3 is 14.8 Å². The van der Waals surface area contributed by atoms with Crippen molar-refractivity contribution in [1.29, 1.82) is 0 Å². The van der Waals surface area contributed by atoms with Gasteiger partial charge in [-0.3, -0.25) is 0 Å². The van der Waals surface area contributed by atoms with Crippen LogP contribution >= 0.6 is 0 Å². The van der Waals surface area contributed by atoms with Gasteiger partial charge in [-0.05, 0) is 38.3 Å². The second-order valence-corrected chi connectivity index (χ2v) is 4.79. The van der Waals surface area contributed by atoms with Crippen molar-refractivity contribution in [2.75, 3.05) is 14.2 Å². The fourth-order valence-electron chi connectivity index (χ4n) is 2.80. The summed E-state index contributed by atoms with van der Waals surface area (Å²) in [5.74, 6) is 1.84. The molecule has 0 radical (unpaired) electrons. The highest BCUT2D eigenvalue weighted by atomic mass is 16.5. The second-order valence-electron chi connectivity index (χ2n) is 4.79. The van der Waals surface area contributed by atoms with Gasteiger partial charge in [-0.2, -0.15) is 0 Å². The topological polar surface area (TPSA) is 30.5 Å². The molecule has 0 bridgehead atoms. The summed E-state index contributed by atoms with van der Waals surface area (Å²) in [7, 11) is 3.43. The smallest absolute Gasteiger partial charge is 0.127 e. The van der Waals surface area contributed by atoms with E-state index < -0.39 is 0 Å². The van der Waals surface area contributed by atoms with Gasteiger partial charge in [0.2, 0.25) is 0 Å². The van der Waals surface area contributed by atoms with Gasteiger partial charge in [0.15, 0.2) is 0 Å². The maximum atomic E-state index is 5.50. The Balaban J connectivity index is 2.63. The van der Waals surface area contributed by atoms with Crippen LogP contribution in [-0.2, 0) is 6.42 Å². The molecule has 0 aliphatic carbocycles. The van der Waals surface area contributed by atoms with E-state index in [2.05, 4.69) is 26.1 Å². The fourth-order valence-corrected chi connectivity index (χ4v) is 2.80. The molecule has 3 heteroatoms. The van der Waals surface area contributed by atoms with E-state index in [9.17, 15) is 0 Å². The number of methoxy groups -OCH3 is 2. The van der Waals surface area contributed by atoms with Gasteiger partial charge in [0, 0.05) is 23.7 Å². The molecule has 1 heterocycles. The third-order valence-electron chi connectivity index (χ3n) is 3.59. The number of rotatable bonds is 2. The van der Waals surface area contributed by atoms with Gasteiger partial charge in [0.25, 0.3) is 0 Å². The number of hydrogen-bond donors (Lipinski definition) is 1. The molecule has 94 valence electrons. The van der Waals surface area contributed by atoms with E-state index in [0.717, 1.165) is 17.9 Å². The molecule has 0 fully saturated rings. The SMILES string of the molecule is COc1cc(OC)c2c(c1C)C[C@@H](C)N[C@@H]2C. The van der Waals surface area contributed by atoms with E-state index in [1.165, 1.54) is 16.7 Å². The van der Waals surface area contributed by atoms with Gasteiger partial charge in [-0.25, -0.2) is 0 Å². The minimum Gasteiger partial charge on any atom is -0.496 e. The molecule has 2 atom stereocenters. The van der Waals surface area contributed by atoms with Crippen molar-refractivity contribution in [2.24, 2.45) is 0 Å². The minimum atomic E-state index is 0.327. The van der Waals surface area contributed by atoms with Crippen LogP contribution in [0.4, 0.5) is 0 Å². The molecule has 0 saturated carbocycles. The van der Waals surface area contributed by atoms with Crippen LogP contribution < -0.4 is 14.8 Å². The molecule has 3 nitrogen and oxygen atoms in total. The van der Waals surface area contributed by atoms with E-state index in [0.29, 0.717) is 12.1 Å². The summed E-state index contributed by atoms with van der Waals surface area (Å²) in [5.41, 5.74) is 3.90. The Labute approximate surface area is 103 Å². The van der Waals surface area contributed by atoms with E-state index in [1.807, 2.05) is 6.07 Å². The zero-order valence-electron chi connectivity index (χ0n) is 11.3. The summed E-state index contributed by atoms with van der Waals surface area (Å²) in [6, 6.07) is 2.81. The first-order valence-electron chi connectivity index (χ1n) is 6.08. The number of hydrogen-bond acceptors (Lipinski definition) is 3. The third kappa shape index (κ3) is 2.00. The lowest BCUT2D eigenvalue weighted by Crippen LogP contribution is -2.36. The van der Waals surface area contributed by atoms with Gasteiger partial charge in [0.05, 0.1) is 14.2 Å². The van der Waals surface area contributed by atoms with Gasteiger partial charge in [-0.1, -0.05) is 0 Å². The van der Waals surface area contributed by atoms with Gasteiger partial charge >= 0.3 is 0 Å². The Morgan fingerprint density at radius 1 is 1.18 bits per heavy atom. The highest BCUT2D eigenvalue weighted by Gasteiger charge is 2.27. The number of fused-ring (bicyclic) bond motifs is 1. The van der Waals surface area contributed by atoms with Gasteiger partial charge in [-0.15, -0.1) is 0 Å². The van der Waals surface area contributed by atoms with Crippen molar-refractivity contribution < 1.29 is 9.47 Å². The molecule has 0 unspecified atom stereocenters. The van der Waals surface area contributed by atoms with E-state index >= 15 is 0 Å². The van der Waals surface area contributed by atoms with Crippen molar-refractivity contribution in [1.82, 2.24) is 5.32 Å². The average molecular weight is 235 g/mol. The largest absolute Gasteiger partial charge is 0.496 e. The van der Waals surface area contributed by atoms with Gasteiger partial charge in [0.1, 0.15) is 11.5 Å². The van der Waals surface area contributed by atoms with Crippen LogP contribution in [-0.4, -0.2) is 20.3 Å². The maximum Gasteiger partial charge on any atom is 0.127 e. The summed E-state index contributed by atoms with van der Waals surface area (Å²) in [5, 5.41) is 3.55. The number of benzene rings is 1.